The van der Waals surface area contributed by atoms with Gasteiger partial charge in [0, 0.05) is 13.2 Å². The number of halogens is 3. The van der Waals surface area contributed by atoms with Crippen molar-refractivity contribution in [1.29, 1.82) is 0 Å². The van der Waals surface area contributed by atoms with Crippen LogP contribution in [-0.4, -0.2) is 22.7 Å². The van der Waals surface area contributed by atoms with Gasteiger partial charge in [0.1, 0.15) is 5.75 Å². The lowest BCUT2D eigenvalue weighted by Gasteiger charge is -2.17. The zero-order valence-electron chi connectivity index (χ0n) is 11.7. The van der Waals surface area contributed by atoms with Gasteiger partial charge in [-0.25, -0.2) is 0 Å². The van der Waals surface area contributed by atoms with Gasteiger partial charge in [-0.3, -0.25) is 4.68 Å². The summed E-state index contributed by atoms with van der Waals surface area (Å²) in [6.45, 7) is 2.67. The zero-order chi connectivity index (χ0) is 15.5. The number of rotatable bonds is 5. The Morgan fingerprint density at radius 2 is 1.90 bits per heavy atom. The smallest absolute Gasteiger partial charge is 0.406 e. The van der Waals surface area contributed by atoms with Gasteiger partial charge in [-0.15, -0.1) is 13.2 Å². The number of nitrogens with zero attached hydrogens (tertiary/aromatic N) is 2. The van der Waals surface area contributed by atoms with Crippen molar-refractivity contribution in [1.82, 2.24) is 15.1 Å². The first-order valence-electron chi connectivity index (χ1n) is 6.47. The van der Waals surface area contributed by atoms with Crippen LogP contribution in [0.15, 0.2) is 36.5 Å². The third-order valence-electron chi connectivity index (χ3n) is 2.89. The van der Waals surface area contributed by atoms with Crippen molar-refractivity contribution in [2.75, 3.05) is 6.54 Å². The summed E-state index contributed by atoms with van der Waals surface area (Å²) in [7, 11) is 1.81. The number of aromatic nitrogens is 2. The standard InChI is InChI=1S/C14H16F3N3O/c1-3-18-13(12-8-9-20(2)19-12)10-4-6-11(7-5-10)21-14(15,16)17/h4-9,13,18H,3H2,1-2H3. The molecule has 2 rings (SSSR count). The van der Waals surface area contributed by atoms with Crippen molar-refractivity contribution in [3.05, 3.63) is 47.8 Å². The molecule has 0 aliphatic rings. The van der Waals surface area contributed by atoms with Gasteiger partial charge in [0.25, 0.3) is 0 Å². The van der Waals surface area contributed by atoms with E-state index in [1.54, 1.807) is 16.8 Å². The number of hydrogen-bond donors (Lipinski definition) is 1. The fraction of sp³-hybridized carbons (Fsp3) is 0.357. The van der Waals surface area contributed by atoms with E-state index in [2.05, 4.69) is 15.2 Å². The molecule has 2 aromatic rings. The van der Waals surface area contributed by atoms with Crippen molar-refractivity contribution in [3.63, 3.8) is 0 Å². The average Bonchev–Trinajstić information content (AvgIpc) is 2.82. The Hall–Kier alpha value is -2.02. The Labute approximate surface area is 120 Å². The molecule has 4 nitrogen and oxygen atoms in total. The Bertz CT molecular complexity index is 578. The van der Waals surface area contributed by atoms with E-state index in [4.69, 9.17) is 0 Å². The van der Waals surface area contributed by atoms with Crippen LogP contribution in [0.5, 0.6) is 5.75 Å². The molecule has 114 valence electrons. The van der Waals surface area contributed by atoms with E-state index in [0.717, 1.165) is 11.3 Å². The fourth-order valence-corrected chi connectivity index (χ4v) is 2.05. The molecule has 0 amide bonds. The van der Waals surface area contributed by atoms with Gasteiger partial charge in [-0.05, 0) is 30.3 Å². The lowest BCUT2D eigenvalue weighted by molar-refractivity contribution is -0.274. The Balaban J connectivity index is 2.21. The highest BCUT2D eigenvalue weighted by Crippen LogP contribution is 2.26. The van der Waals surface area contributed by atoms with Crippen LogP contribution in [0.2, 0.25) is 0 Å². The second-order valence-electron chi connectivity index (χ2n) is 4.52. The van der Waals surface area contributed by atoms with Crippen LogP contribution in [0.1, 0.15) is 24.2 Å². The largest absolute Gasteiger partial charge is 0.573 e. The highest BCUT2D eigenvalue weighted by atomic mass is 19.4. The van der Waals surface area contributed by atoms with Crippen LogP contribution in [0, 0.1) is 0 Å². The summed E-state index contributed by atoms with van der Waals surface area (Å²) in [6, 6.07) is 7.50. The number of alkyl halides is 3. The Morgan fingerprint density at radius 1 is 1.24 bits per heavy atom. The van der Waals surface area contributed by atoms with Gasteiger partial charge in [0.05, 0.1) is 11.7 Å². The van der Waals surface area contributed by atoms with Gasteiger partial charge in [0.2, 0.25) is 0 Å². The SMILES string of the molecule is CCNC(c1ccc(OC(F)(F)F)cc1)c1ccn(C)n1. The molecule has 1 aromatic carbocycles. The molecular weight excluding hydrogens is 283 g/mol. The van der Waals surface area contributed by atoms with E-state index in [-0.39, 0.29) is 11.8 Å². The van der Waals surface area contributed by atoms with Crippen LogP contribution < -0.4 is 10.1 Å². The van der Waals surface area contributed by atoms with Crippen molar-refractivity contribution < 1.29 is 17.9 Å². The van der Waals surface area contributed by atoms with Crippen molar-refractivity contribution in [3.8, 4) is 5.75 Å². The molecule has 1 atom stereocenters. The van der Waals surface area contributed by atoms with E-state index in [9.17, 15) is 13.2 Å². The first-order chi connectivity index (χ1) is 9.89. The predicted molar refractivity (Wildman–Crippen MR) is 71.9 cm³/mol. The summed E-state index contributed by atoms with van der Waals surface area (Å²) in [5, 5.41) is 7.59. The van der Waals surface area contributed by atoms with Crippen molar-refractivity contribution in [2.45, 2.75) is 19.3 Å². The predicted octanol–water partition coefficient (Wildman–Crippen LogP) is 3.02. The van der Waals surface area contributed by atoms with Gasteiger partial charge in [-0.1, -0.05) is 19.1 Å². The highest BCUT2D eigenvalue weighted by molar-refractivity contribution is 5.33. The van der Waals surface area contributed by atoms with Gasteiger partial charge < -0.3 is 10.1 Å². The summed E-state index contributed by atoms with van der Waals surface area (Å²) in [6.07, 6.45) is -2.86. The lowest BCUT2D eigenvalue weighted by Crippen LogP contribution is -2.22. The molecule has 0 saturated heterocycles. The lowest BCUT2D eigenvalue weighted by atomic mass is 10.0. The second kappa shape index (κ2) is 6.17. The van der Waals surface area contributed by atoms with Crippen LogP contribution in [0.25, 0.3) is 0 Å². The molecule has 1 unspecified atom stereocenters. The number of aryl methyl sites for hydroxylation is 1. The first kappa shape index (κ1) is 15.4. The number of hydrogen-bond acceptors (Lipinski definition) is 3. The minimum Gasteiger partial charge on any atom is -0.406 e. The number of benzene rings is 1. The monoisotopic (exact) mass is 299 g/mol. The maximum atomic E-state index is 12.1. The topological polar surface area (TPSA) is 39.1 Å². The highest BCUT2D eigenvalue weighted by Gasteiger charge is 2.31. The molecule has 0 aliphatic carbocycles. The van der Waals surface area contributed by atoms with Gasteiger partial charge in [0.15, 0.2) is 0 Å². The molecule has 0 spiro atoms. The molecule has 7 heteroatoms. The molecule has 1 N–H and O–H groups in total. The molecule has 0 aliphatic heterocycles. The maximum Gasteiger partial charge on any atom is 0.573 e. The third kappa shape index (κ3) is 4.22. The summed E-state index contributed by atoms with van der Waals surface area (Å²) < 4.78 is 42.0. The molecule has 1 heterocycles. The van der Waals surface area contributed by atoms with E-state index < -0.39 is 6.36 Å². The number of nitrogens with one attached hydrogen (secondary N) is 1. The molecule has 0 saturated carbocycles. The van der Waals surface area contributed by atoms with Crippen LogP contribution >= 0.6 is 0 Å². The minimum atomic E-state index is -4.68. The maximum absolute atomic E-state index is 12.1. The quantitative estimate of drug-likeness (QED) is 0.922. The third-order valence-corrected chi connectivity index (χ3v) is 2.89. The van der Waals surface area contributed by atoms with E-state index >= 15 is 0 Å². The number of ether oxygens (including phenoxy) is 1. The van der Waals surface area contributed by atoms with E-state index in [1.165, 1.54) is 12.1 Å². The summed E-state index contributed by atoms with van der Waals surface area (Å²) in [4.78, 5) is 0. The van der Waals surface area contributed by atoms with Crippen LogP contribution in [-0.2, 0) is 7.05 Å². The Morgan fingerprint density at radius 3 is 2.38 bits per heavy atom. The zero-order valence-corrected chi connectivity index (χ0v) is 11.7. The van der Waals surface area contributed by atoms with Gasteiger partial charge >= 0.3 is 6.36 Å². The molecule has 0 radical (unpaired) electrons. The summed E-state index contributed by atoms with van der Waals surface area (Å²) >= 11 is 0. The van der Waals surface area contributed by atoms with Crippen molar-refractivity contribution >= 4 is 0 Å². The summed E-state index contributed by atoms with van der Waals surface area (Å²) in [5.74, 6) is -0.234. The minimum absolute atomic E-state index is 0.170. The van der Waals surface area contributed by atoms with Crippen LogP contribution in [0.3, 0.4) is 0 Å². The normalized spacial score (nSPS) is 13.2. The fourth-order valence-electron chi connectivity index (χ4n) is 2.05. The van der Waals surface area contributed by atoms with E-state index in [0.29, 0.717) is 6.54 Å². The van der Waals surface area contributed by atoms with Crippen LogP contribution in [0.4, 0.5) is 13.2 Å². The Kier molecular flexibility index (Phi) is 4.52. The van der Waals surface area contributed by atoms with E-state index in [1.807, 2.05) is 26.2 Å². The molecule has 21 heavy (non-hydrogen) atoms. The van der Waals surface area contributed by atoms with Gasteiger partial charge in [-0.2, -0.15) is 5.10 Å². The molecule has 0 fully saturated rings. The second-order valence-corrected chi connectivity index (χ2v) is 4.52. The molecule has 0 bridgehead atoms. The average molecular weight is 299 g/mol. The first-order valence-corrected chi connectivity index (χ1v) is 6.47. The summed E-state index contributed by atoms with van der Waals surface area (Å²) in [5.41, 5.74) is 1.63. The van der Waals surface area contributed by atoms with Crippen molar-refractivity contribution in [2.24, 2.45) is 7.05 Å². The molecular formula is C14H16F3N3O. The molecule has 1 aromatic heterocycles.